The van der Waals surface area contributed by atoms with Gasteiger partial charge >= 0.3 is 12.4 Å². The van der Waals surface area contributed by atoms with Crippen molar-refractivity contribution < 1.29 is 48.7 Å². The third kappa shape index (κ3) is 5.13. The highest BCUT2D eigenvalue weighted by atomic mass is 19.4. The van der Waals surface area contributed by atoms with E-state index in [9.17, 15) is 48.7 Å². The van der Waals surface area contributed by atoms with E-state index in [0.717, 1.165) is 19.1 Å². The Morgan fingerprint density at radius 3 is 2.16 bits per heavy atom. The zero-order valence-corrected chi connectivity index (χ0v) is 18.7. The summed E-state index contributed by atoms with van der Waals surface area (Å²) in [6.45, 7) is 0.428. The Labute approximate surface area is 205 Å². The quantitative estimate of drug-likeness (QED) is 0.290. The summed E-state index contributed by atoms with van der Waals surface area (Å²) in [7, 11) is 0. The number of fused-ring (bicyclic) bond motifs is 1. The van der Waals surface area contributed by atoms with E-state index in [1.807, 2.05) is 5.32 Å². The van der Waals surface area contributed by atoms with Gasteiger partial charge in [-0.15, -0.1) is 0 Å². The fourth-order valence-electron chi connectivity index (χ4n) is 3.59. The molecule has 1 N–H and O–H groups in total. The van der Waals surface area contributed by atoms with Gasteiger partial charge in [-0.05, 0) is 25.1 Å². The number of anilines is 1. The zero-order chi connectivity index (χ0) is 28.2. The fourth-order valence-corrected chi connectivity index (χ4v) is 3.59. The molecule has 2 aromatic carbocycles. The number of halogens is 10. The fraction of sp³-hybridized carbons (Fsp3) is 0.174. The number of carbonyl (C=O) groups excluding carboxylic acids is 1. The van der Waals surface area contributed by atoms with Crippen LogP contribution in [0.3, 0.4) is 0 Å². The van der Waals surface area contributed by atoms with Gasteiger partial charge in [0, 0.05) is 23.1 Å². The molecule has 5 nitrogen and oxygen atoms in total. The minimum Gasteiger partial charge on any atom is -0.319 e. The van der Waals surface area contributed by atoms with Crippen molar-refractivity contribution in [1.29, 1.82) is 0 Å². The van der Waals surface area contributed by atoms with E-state index in [1.54, 1.807) is 0 Å². The van der Waals surface area contributed by atoms with Gasteiger partial charge in [0.25, 0.3) is 5.91 Å². The van der Waals surface area contributed by atoms with Gasteiger partial charge in [-0.2, -0.15) is 31.4 Å². The third-order valence-electron chi connectivity index (χ3n) is 5.43. The van der Waals surface area contributed by atoms with Crippen LogP contribution < -0.4 is 5.32 Å². The van der Waals surface area contributed by atoms with E-state index in [4.69, 9.17) is 0 Å². The van der Waals surface area contributed by atoms with Crippen LogP contribution in [0.4, 0.5) is 49.6 Å². The van der Waals surface area contributed by atoms with E-state index < -0.39 is 81.6 Å². The van der Waals surface area contributed by atoms with Crippen molar-refractivity contribution in [2.45, 2.75) is 25.8 Å². The summed E-state index contributed by atoms with van der Waals surface area (Å²) in [6.07, 6.45) is -10.3. The first-order valence-electron chi connectivity index (χ1n) is 10.3. The van der Waals surface area contributed by atoms with Gasteiger partial charge < -0.3 is 5.32 Å². The smallest absolute Gasteiger partial charge is 0.319 e. The van der Waals surface area contributed by atoms with Crippen LogP contribution in [0.15, 0.2) is 36.4 Å². The molecule has 15 heteroatoms. The molecule has 2 heterocycles. The Kier molecular flexibility index (Phi) is 6.57. The molecule has 0 aliphatic carbocycles. The molecule has 0 aliphatic heterocycles. The normalized spacial score (nSPS) is 12.3. The van der Waals surface area contributed by atoms with E-state index in [-0.39, 0.29) is 17.3 Å². The number of hydrogen-bond acceptors (Lipinski definition) is 3. The lowest BCUT2D eigenvalue weighted by molar-refractivity contribution is -0.141. The number of benzene rings is 2. The number of aromatic nitrogens is 3. The molecule has 0 atom stereocenters. The number of pyridine rings is 1. The average molecular weight is 550 g/mol. The number of hydrogen-bond donors (Lipinski definition) is 1. The zero-order valence-electron chi connectivity index (χ0n) is 18.7. The molecule has 1 amide bonds. The topological polar surface area (TPSA) is 59.8 Å². The predicted molar refractivity (Wildman–Crippen MR) is 112 cm³/mol. The van der Waals surface area contributed by atoms with Gasteiger partial charge in [0.2, 0.25) is 0 Å². The average Bonchev–Trinajstić information content (AvgIpc) is 3.10. The standard InChI is InChI=1S/C23H12F10N4O/c1-9-19(20(23(31,32)33)36-37(9)8-10-2-3-11(24)4-14(10)25)35-21(38)13-6-18(22(28,29)30)34-17-7-16(27)15(26)5-12(13)17/h2-7H,8H2,1H3,(H,35,38). The Hall–Kier alpha value is -4.17. The van der Waals surface area contributed by atoms with Crippen molar-refractivity contribution in [1.82, 2.24) is 14.8 Å². The first-order valence-corrected chi connectivity index (χ1v) is 10.3. The van der Waals surface area contributed by atoms with Gasteiger partial charge in [-0.25, -0.2) is 22.5 Å². The summed E-state index contributed by atoms with van der Waals surface area (Å²) < 4.78 is 137. The third-order valence-corrected chi connectivity index (χ3v) is 5.43. The molecule has 0 spiro atoms. The van der Waals surface area contributed by atoms with Crippen molar-refractivity contribution in [3.05, 3.63) is 87.9 Å². The number of nitrogens with zero attached hydrogens (tertiary/aromatic N) is 3. The molecule has 0 saturated carbocycles. The lowest BCUT2D eigenvalue weighted by atomic mass is 10.1. The van der Waals surface area contributed by atoms with Gasteiger partial charge in [0.15, 0.2) is 17.3 Å². The summed E-state index contributed by atoms with van der Waals surface area (Å²) in [4.78, 5) is 16.1. The van der Waals surface area contributed by atoms with E-state index in [2.05, 4.69) is 10.1 Å². The van der Waals surface area contributed by atoms with Gasteiger partial charge in [-0.1, -0.05) is 6.07 Å². The minimum atomic E-state index is -5.19. The molecule has 0 unspecified atom stereocenters. The Morgan fingerprint density at radius 2 is 1.55 bits per heavy atom. The second-order valence-electron chi connectivity index (χ2n) is 7.99. The second kappa shape index (κ2) is 9.29. The molecule has 200 valence electrons. The van der Waals surface area contributed by atoms with E-state index in [0.29, 0.717) is 22.9 Å². The van der Waals surface area contributed by atoms with Crippen LogP contribution >= 0.6 is 0 Å². The maximum absolute atomic E-state index is 14.1. The molecule has 2 aromatic heterocycles. The molecule has 0 saturated heterocycles. The van der Waals surface area contributed by atoms with Crippen molar-refractivity contribution in [3.8, 4) is 0 Å². The van der Waals surface area contributed by atoms with Crippen molar-refractivity contribution in [2.75, 3.05) is 5.32 Å². The van der Waals surface area contributed by atoms with Crippen molar-refractivity contribution in [2.24, 2.45) is 0 Å². The molecule has 0 aliphatic rings. The highest BCUT2D eigenvalue weighted by Gasteiger charge is 2.40. The maximum Gasteiger partial charge on any atom is 0.437 e. The van der Waals surface area contributed by atoms with E-state index >= 15 is 0 Å². The highest BCUT2D eigenvalue weighted by Crippen LogP contribution is 2.37. The van der Waals surface area contributed by atoms with Crippen LogP contribution in [0, 0.1) is 30.2 Å². The molecular weight excluding hydrogens is 538 g/mol. The summed E-state index contributed by atoms with van der Waals surface area (Å²) in [5, 5.41) is 4.57. The highest BCUT2D eigenvalue weighted by molar-refractivity contribution is 6.12. The summed E-state index contributed by atoms with van der Waals surface area (Å²) in [5.74, 6) is -6.69. The molecule has 38 heavy (non-hydrogen) atoms. The maximum atomic E-state index is 14.1. The number of amides is 1. The van der Waals surface area contributed by atoms with Gasteiger partial charge in [0.1, 0.15) is 17.3 Å². The molecule has 4 rings (SSSR count). The second-order valence-corrected chi connectivity index (χ2v) is 7.99. The van der Waals surface area contributed by atoms with Crippen LogP contribution in [0.5, 0.6) is 0 Å². The number of alkyl halides is 6. The summed E-state index contributed by atoms with van der Waals surface area (Å²) in [6, 6.07) is 3.18. The van der Waals surface area contributed by atoms with Crippen LogP contribution in [-0.4, -0.2) is 20.7 Å². The lowest BCUT2D eigenvalue weighted by Crippen LogP contribution is -2.19. The monoisotopic (exact) mass is 550 g/mol. The van der Waals surface area contributed by atoms with Crippen LogP contribution in [-0.2, 0) is 18.9 Å². The summed E-state index contributed by atoms with van der Waals surface area (Å²) >= 11 is 0. The largest absolute Gasteiger partial charge is 0.437 e. The minimum absolute atomic E-state index is 0.177. The lowest BCUT2D eigenvalue weighted by Gasteiger charge is -2.13. The summed E-state index contributed by atoms with van der Waals surface area (Å²) in [5.41, 5.74) is -6.71. The van der Waals surface area contributed by atoms with E-state index in [1.165, 1.54) is 0 Å². The Balaban J connectivity index is 1.82. The number of carbonyl (C=O) groups is 1. The van der Waals surface area contributed by atoms with Crippen molar-refractivity contribution >= 4 is 22.5 Å². The SMILES string of the molecule is Cc1c(NC(=O)c2cc(C(F)(F)F)nc3cc(F)c(F)cc23)c(C(F)(F)F)nn1Cc1ccc(F)cc1F. The molecule has 0 fully saturated rings. The Bertz CT molecular complexity index is 1570. The molecule has 0 bridgehead atoms. The first kappa shape index (κ1) is 26.9. The van der Waals surface area contributed by atoms with Crippen molar-refractivity contribution in [3.63, 3.8) is 0 Å². The predicted octanol–water partition coefficient (Wildman–Crippen LogP) is 6.63. The molecule has 4 aromatic rings. The van der Waals surface area contributed by atoms with Crippen LogP contribution in [0.25, 0.3) is 10.9 Å². The van der Waals surface area contributed by atoms with Crippen LogP contribution in [0.2, 0.25) is 0 Å². The first-order chi connectivity index (χ1) is 17.6. The number of rotatable bonds is 4. The molecular formula is C23H12F10N4O. The van der Waals surface area contributed by atoms with Gasteiger partial charge in [0.05, 0.1) is 29.0 Å². The van der Waals surface area contributed by atoms with Crippen LogP contribution in [0.1, 0.15) is 33.0 Å². The molecule has 0 radical (unpaired) electrons. The Morgan fingerprint density at radius 1 is 0.895 bits per heavy atom. The number of nitrogens with one attached hydrogen (secondary N) is 1. The van der Waals surface area contributed by atoms with Gasteiger partial charge in [-0.3, -0.25) is 9.48 Å².